The van der Waals surface area contributed by atoms with Crippen LogP contribution < -0.4 is 9.64 Å². The summed E-state index contributed by atoms with van der Waals surface area (Å²) in [6.45, 7) is 5.50. The molecule has 0 spiro atoms. The second-order valence-electron chi connectivity index (χ2n) is 6.11. The summed E-state index contributed by atoms with van der Waals surface area (Å²) >= 11 is 6.04. The van der Waals surface area contributed by atoms with E-state index in [2.05, 4.69) is 0 Å². The maximum atomic E-state index is 12.7. The lowest BCUT2D eigenvalue weighted by Gasteiger charge is -2.39. The number of amides is 2. The molecule has 0 N–H and O–H groups in total. The lowest BCUT2D eigenvalue weighted by atomic mass is 10.0. The van der Waals surface area contributed by atoms with Crippen molar-refractivity contribution in [3.8, 4) is 5.75 Å². The van der Waals surface area contributed by atoms with Crippen LogP contribution in [0.15, 0.2) is 18.2 Å². The highest BCUT2D eigenvalue weighted by Gasteiger charge is 2.42. The van der Waals surface area contributed by atoms with Crippen molar-refractivity contribution in [2.24, 2.45) is 0 Å². The van der Waals surface area contributed by atoms with Crippen molar-refractivity contribution >= 4 is 29.1 Å². The van der Waals surface area contributed by atoms with Crippen LogP contribution in [0.5, 0.6) is 5.75 Å². The van der Waals surface area contributed by atoms with Gasteiger partial charge in [0.25, 0.3) is 5.91 Å². The van der Waals surface area contributed by atoms with Gasteiger partial charge < -0.3 is 14.4 Å². The molecular formula is C16H19ClN2O4. The Morgan fingerprint density at radius 2 is 2.00 bits per heavy atom. The van der Waals surface area contributed by atoms with Gasteiger partial charge >= 0.3 is 0 Å². The summed E-state index contributed by atoms with van der Waals surface area (Å²) in [7, 11) is 0. The van der Waals surface area contributed by atoms with Crippen LogP contribution >= 0.6 is 11.6 Å². The van der Waals surface area contributed by atoms with E-state index < -0.39 is 5.60 Å². The third kappa shape index (κ3) is 3.14. The molecule has 0 atom stereocenters. The summed E-state index contributed by atoms with van der Waals surface area (Å²) in [6.07, 6.45) is 0. The summed E-state index contributed by atoms with van der Waals surface area (Å²) in [4.78, 5) is 28.4. The van der Waals surface area contributed by atoms with E-state index >= 15 is 0 Å². The zero-order chi connectivity index (χ0) is 16.6. The molecule has 1 saturated heterocycles. The van der Waals surface area contributed by atoms with Crippen LogP contribution in [0.4, 0.5) is 5.69 Å². The fourth-order valence-corrected chi connectivity index (χ4v) is 2.91. The lowest BCUT2D eigenvalue weighted by Crippen LogP contribution is -2.56. The van der Waals surface area contributed by atoms with Gasteiger partial charge in [-0.05, 0) is 32.0 Å². The highest BCUT2D eigenvalue weighted by Crippen LogP contribution is 2.39. The number of anilines is 1. The van der Waals surface area contributed by atoms with Gasteiger partial charge in [-0.25, -0.2) is 0 Å². The quantitative estimate of drug-likeness (QED) is 0.823. The molecule has 0 saturated carbocycles. The molecular weight excluding hydrogens is 320 g/mol. The minimum absolute atomic E-state index is 0.0288. The first kappa shape index (κ1) is 16.1. The standard InChI is InChI=1S/C16H19ClN2O4/c1-16(2)15(21)19(10-14(20)18-5-7-22-8-6-18)12-9-11(17)3-4-13(12)23-16/h3-4,9H,5-8,10H2,1-2H3. The predicted molar refractivity (Wildman–Crippen MR) is 85.9 cm³/mol. The van der Waals surface area contributed by atoms with Crippen LogP contribution in [-0.4, -0.2) is 55.2 Å². The molecule has 2 heterocycles. The summed E-state index contributed by atoms with van der Waals surface area (Å²) < 4.78 is 11.0. The Labute approximate surface area is 139 Å². The highest BCUT2D eigenvalue weighted by atomic mass is 35.5. The Bertz CT molecular complexity index is 641. The number of hydrogen-bond donors (Lipinski definition) is 0. The zero-order valence-corrected chi connectivity index (χ0v) is 13.9. The largest absolute Gasteiger partial charge is 0.476 e. The number of hydrogen-bond acceptors (Lipinski definition) is 4. The third-order valence-electron chi connectivity index (χ3n) is 3.99. The van der Waals surface area contributed by atoms with Gasteiger partial charge in [-0.15, -0.1) is 0 Å². The van der Waals surface area contributed by atoms with E-state index in [1.54, 1.807) is 36.9 Å². The fourth-order valence-electron chi connectivity index (χ4n) is 2.75. The van der Waals surface area contributed by atoms with E-state index in [9.17, 15) is 9.59 Å². The molecule has 0 aromatic heterocycles. The number of ether oxygens (including phenoxy) is 2. The molecule has 6 nitrogen and oxygen atoms in total. The number of morpholine rings is 1. The second kappa shape index (κ2) is 6.02. The molecule has 1 aromatic carbocycles. The first-order valence-corrected chi connectivity index (χ1v) is 7.92. The Morgan fingerprint density at radius 3 is 2.70 bits per heavy atom. The molecule has 23 heavy (non-hydrogen) atoms. The Hall–Kier alpha value is -1.79. The van der Waals surface area contributed by atoms with Gasteiger partial charge in [0.05, 0.1) is 18.9 Å². The summed E-state index contributed by atoms with van der Waals surface area (Å²) in [5.74, 6) is 0.188. The Kier molecular flexibility index (Phi) is 4.21. The number of nitrogens with zero attached hydrogens (tertiary/aromatic N) is 2. The van der Waals surface area contributed by atoms with Gasteiger partial charge in [-0.3, -0.25) is 14.5 Å². The van der Waals surface area contributed by atoms with Gasteiger partial charge in [-0.1, -0.05) is 11.6 Å². The van der Waals surface area contributed by atoms with Crippen LogP contribution in [0.25, 0.3) is 0 Å². The maximum Gasteiger partial charge on any atom is 0.271 e. The van der Waals surface area contributed by atoms with Crippen LogP contribution in [0.1, 0.15) is 13.8 Å². The fraction of sp³-hybridized carbons (Fsp3) is 0.500. The SMILES string of the molecule is CC1(C)Oc2ccc(Cl)cc2N(CC(=O)N2CCOCC2)C1=O. The molecule has 2 amide bonds. The number of carbonyl (C=O) groups is 2. The topological polar surface area (TPSA) is 59.1 Å². The van der Waals surface area contributed by atoms with Crippen molar-refractivity contribution in [2.45, 2.75) is 19.4 Å². The minimum Gasteiger partial charge on any atom is -0.476 e. The van der Waals surface area contributed by atoms with Gasteiger partial charge in [0.15, 0.2) is 5.60 Å². The monoisotopic (exact) mass is 338 g/mol. The van der Waals surface area contributed by atoms with Gasteiger partial charge in [-0.2, -0.15) is 0 Å². The Balaban J connectivity index is 1.88. The van der Waals surface area contributed by atoms with Crippen molar-refractivity contribution in [1.29, 1.82) is 0 Å². The second-order valence-corrected chi connectivity index (χ2v) is 6.55. The molecule has 0 unspecified atom stereocenters. The van der Waals surface area contributed by atoms with E-state index in [-0.39, 0.29) is 18.4 Å². The van der Waals surface area contributed by atoms with Crippen molar-refractivity contribution in [1.82, 2.24) is 4.90 Å². The van der Waals surface area contributed by atoms with E-state index in [0.717, 1.165) is 0 Å². The average Bonchev–Trinajstić information content (AvgIpc) is 2.53. The van der Waals surface area contributed by atoms with Crippen LogP contribution in [0, 0.1) is 0 Å². The van der Waals surface area contributed by atoms with Crippen LogP contribution in [-0.2, 0) is 14.3 Å². The molecule has 0 radical (unpaired) electrons. The van der Waals surface area contributed by atoms with Crippen LogP contribution in [0.2, 0.25) is 5.02 Å². The molecule has 2 aliphatic rings. The summed E-state index contributed by atoms with van der Waals surface area (Å²) in [5.41, 5.74) is -0.491. The predicted octanol–water partition coefficient (Wildman–Crippen LogP) is 1.70. The lowest BCUT2D eigenvalue weighted by molar-refractivity contribution is -0.138. The van der Waals surface area contributed by atoms with E-state index in [1.165, 1.54) is 4.90 Å². The number of rotatable bonds is 2. The van der Waals surface area contributed by atoms with Crippen molar-refractivity contribution in [2.75, 3.05) is 37.7 Å². The van der Waals surface area contributed by atoms with Gasteiger partial charge in [0.2, 0.25) is 5.91 Å². The van der Waals surface area contributed by atoms with Crippen LogP contribution in [0.3, 0.4) is 0 Å². The van der Waals surface area contributed by atoms with Gasteiger partial charge in [0.1, 0.15) is 12.3 Å². The molecule has 3 rings (SSSR count). The molecule has 1 fully saturated rings. The average molecular weight is 339 g/mol. The highest BCUT2D eigenvalue weighted by molar-refractivity contribution is 6.31. The zero-order valence-electron chi connectivity index (χ0n) is 13.2. The minimum atomic E-state index is -1.02. The molecule has 124 valence electrons. The molecule has 1 aromatic rings. The summed E-state index contributed by atoms with van der Waals surface area (Å²) in [5, 5.41) is 0.490. The van der Waals surface area contributed by atoms with E-state index in [1.807, 2.05) is 0 Å². The third-order valence-corrected chi connectivity index (χ3v) is 4.23. The maximum absolute atomic E-state index is 12.7. The van der Waals surface area contributed by atoms with Crippen molar-refractivity contribution in [3.63, 3.8) is 0 Å². The summed E-state index contributed by atoms with van der Waals surface area (Å²) in [6, 6.07) is 5.07. The van der Waals surface area contributed by atoms with E-state index in [0.29, 0.717) is 42.8 Å². The first-order chi connectivity index (χ1) is 10.9. The molecule has 2 aliphatic heterocycles. The smallest absolute Gasteiger partial charge is 0.271 e. The van der Waals surface area contributed by atoms with Crippen molar-refractivity contribution < 1.29 is 19.1 Å². The first-order valence-electron chi connectivity index (χ1n) is 7.54. The number of carbonyl (C=O) groups excluding carboxylic acids is 2. The number of halogens is 1. The van der Waals surface area contributed by atoms with E-state index in [4.69, 9.17) is 21.1 Å². The number of fused-ring (bicyclic) bond motifs is 1. The Morgan fingerprint density at radius 1 is 1.30 bits per heavy atom. The molecule has 0 aliphatic carbocycles. The van der Waals surface area contributed by atoms with Crippen molar-refractivity contribution in [3.05, 3.63) is 23.2 Å². The normalized spacial score (nSPS) is 20.0. The van der Waals surface area contributed by atoms with Gasteiger partial charge in [0, 0.05) is 18.1 Å². The number of benzene rings is 1. The molecule has 0 bridgehead atoms. The molecule has 7 heteroatoms.